The van der Waals surface area contributed by atoms with Crippen molar-refractivity contribution in [3.05, 3.63) is 115 Å². The molecule has 5 aromatic carbocycles. The maximum absolute atomic E-state index is 12.0. The molecule has 0 unspecified atom stereocenters. The lowest BCUT2D eigenvalue weighted by molar-refractivity contribution is -0.112. The summed E-state index contributed by atoms with van der Waals surface area (Å²) in [5.74, 6) is 2.61. The van der Waals surface area contributed by atoms with Crippen LogP contribution >= 0.6 is 0 Å². The normalized spacial score (nSPS) is 11.3. The molecule has 0 fully saturated rings. The zero-order chi connectivity index (χ0) is 29.4. The number of ether oxygens (including phenoxy) is 4. The Balaban J connectivity index is 1.44. The molecule has 0 atom stereocenters. The van der Waals surface area contributed by atoms with Gasteiger partial charge in [0.1, 0.15) is 49.1 Å². The van der Waals surface area contributed by atoms with Crippen molar-refractivity contribution in [3.8, 4) is 34.1 Å². The van der Waals surface area contributed by atoms with Crippen LogP contribution in [0.4, 0.5) is 0 Å². The molecule has 0 saturated carbocycles. The third-order valence-electron chi connectivity index (χ3n) is 6.51. The van der Waals surface area contributed by atoms with Gasteiger partial charge in [-0.25, -0.2) is 8.42 Å². The van der Waals surface area contributed by atoms with Crippen molar-refractivity contribution in [2.24, 2.45) is 0 Å². The van der Waals surface area contributed by atoms with Crippen molar-refractivity contribution in [1.82, 2.24) is 0 Å². The van der Waals surface area contributed by atoms with Gasteiger partial charge in [-0.1, -0.05) is 48.5 Å². The van der Waals surface area contributed by atoms with E-state index >= 15 is 0 Å². The smallest absolute Gasteiger partial charge is 0.175 e. The number of carbonyl (C=O) groups excluding carboxylic acids is 1. The number of aldehydes is 1. The molecule has 8 heteroatoms. The number of rotatable bonds is 13. The SMILES string of the molecule is CS(=O)(=O)c1ccc(-c2ccc3cc(OCc4ccccc4)ccc3c2Oc2ccc(OCCOCC=O)cc2)cc1. The van der Waals surface area contributed by atoms with Crippen LogP contribution in [0.15, 0.2) is 114 Å². The maximum atomic E-state index is 12.0. The second kappa shape index (κ2) is 13.3. The fourth-order valence-corrected chi connectivity index (χ4v) is 5.03. The third-order valence-corrected chi connectivity index (χ3v) is 7.64. The second-order valence-corrected chi connectivity index (χ2v) is 11.6. The summed E-state index contributed by atoms with van der Waals surface area (Å²) in [6.07, 6.45) is 1.89. The molecule has 0 spiro atoms. The highest BCUT2D eigenvalue weighted by atomic mass is 32.2. The van der Waals surface area contributed by atoms with Crippen molar-refractivity contribution >= 4 is 26.9 Å². The van der Waals surface area contributed by atoms with Gasteiger partial charge in [0, 0.05) is 17.2 Å². The van der Waals surface area contributed by atoms with Gasteiger partial charge < -0.3 is 23.7 Å². The summed E-state index contributed by atoms with van der Waals surface area (Å²) < 4.78 is 47.3. The molecular formula is C34H30O7S. The van der Waals surface area contributed by atoms with Gasteiger partial charge in [-0.3, -0.25) is 0 Å². The van der Waals surface area contributed by atoms with E-state index in [4.69, 9.17) is 18.9 Å². The quantitative estimate of drug-likeness (QED) is 0.111. The Morgan fingerprint density at radius 1 is 0.714 bits per heavy atom. The summed E-state index contributed by atoms with van der Waals surface area (Å²) in [5.41, 5.74) is 2.71. The molecule has 0 N–H and O–H groups in total. The van der Waals surface area contributed by atoms with Crippen LogP contribution in [0, 0.1) is 0 Å². The standard InChI is InChI=1S/C34H30O7S/c1-42(36,37)31-15-7-26(8-16-31)32-17-9-27-23-30(40-24-25-5-3-2-4-6-25)14-18-33(27)34(32)41-29-12-10-28(11-13-29)39-22-21-38-20-19-35/h2-19,23H,20-22,24H2,1H3. The summed E-state index contributed by atoms with van der Waals surface area (Å²) in [4.78, 5) is 10.6. The highest BCUT2D eigenvalue weighted by Crippen LogP contribution is 2.41. The molecule has 0 amide bonds. The lowest BCUT2D eigenvalue weighted by Gasteiger charge is -2.16. The number of hydrogen-bond donors (Lipinski definition) is 0. The van der Waals surface area contributed by atoms with Crippen LogP contribution in [0.1, 0.15) is 5.56 Å². The number of carbonyl (C=O) groups is 1. The maximum Gasteiger partial charge on any atom is 0.175 e. The van der Waals surface area contributed by atoms with E-state index in [2.05, 4.69) is 0 Å². The Morgan fingerprint density at radius 2 is 1.43 bits per heavy atom. The largest absolute Gasteiger partial charge is 0.491 e. The minimum atomic E-state index is -3.32. The summed E-state index contributed by atoms with van der Waals surface area (Å²) in [6.45, 7) is 1.13. The van der Waals surface area contributed by atoms with Gasteiger partial charge in [0.25, 0.3) is 0 Å². The Labute approximate surface area is 245 Å². The van der Waals surface area contributed by atoms with Crippen LogP contribution < -0.4 is 14.2 Å². The zero-order valence-electron chi connectivity index (χ0n) is 23.1. The van der Waals surface area contributed by atoms with Gasteiger partial charge in [0.05, 0.1) is 11.5 Å². The van der Waals surface area contributed by atoms with Crippen molar-refractivity contribution in [2.45, 2.75) is 11.5 Å². The lowest BCUT2D eigenvalue weighted by Crippen LogP contribution is -2.07. The van der Waals surface area contributed by atoms with Gasteiger partial charge in [0.15, 0.2) is 9.84 Å². The molecule has 0 aliphatic carbocycles. The highest BCUT2D eigenvalue weighted by molar-refractivity contribution is 7.90. The average Bonchev–Trinajstić information content (AvgIpc) is 3.01. The second-order valence-electron chi connectivity index (χ2n) is 9.56. The van der Waals surface area contributed by atoms with E-state index in [1.807, 2.05) is 72.8 Å². The molecule has 5 rings (SSSR count). The van der Waals surface area contributed by atoms with Gasteiger partial charge in [0.2, 0.25) is 0 Å². The summed E-state index contributed by atoms with van der Waals surface area (Å²) >= 11 is 0. The fraction of sp³-hybridized carbons (Fsp3) is 0.147. The topological polar surface area (TPSA) is 88.1 Å². The van der Waals surface area contributed by atoms with Gasteiger partial charge in [-0.05, 0) is 77.2 Å². The number of benzene rings is 5. The predicted octanol–water partition coefficient (Wildman–Crippen LogP) is 6.88. The van der Waals surface area contributed by atoms with E-state index in [0.717, 1.165) is 33.2 Å². The van der Waals surface area contributed by atoms with Gasteiger partial charge in [-0.15, -0.1) is 0 Å². The van der Waals surface area contributed by atoms with Crippen LogP contribution in [-0.2, 0) is 26.0 Å². The molecule has 42 heavy (non-hydrogen) atoms. The van der Waals surface area contributed by atoms with Crippen molar-refractivity contribution in [3.63, 3.8) is 0 Å². The van der Waals surface area contributed by atoms with Crippen LogP contribution in [0.2, 0.25) is 0 Å². The fourth-order valence-electron chi connectivity index (χ4n) is 4.40. The molecule has 7 nitrogen and oxygen atoms in total. The van der Waals surface area contributed by atoms with E-state index < -0.39 is 9.84 Å². The van der Waals surface area contributed by atoms with E-state index in [-0.39, 0.29) is 11.5 Å². The molecular weight excluding hydrogens is 552 g/mol. The zero-order valence-corrected chi connectivity index (χ0v) is 23.9. The molecule has 0 heterocycles. The minimum Gasteiger partial charge on any atom is -0.491 e. The number of hydrogen-bond acceptors (Lipinski definition) is 7. The summed E-state index contributed by atoms with van der Waals surface area (Å²) in [5, 5.41) is 1.81. The average molecular weight is 583 g/mol. The first kappa shape index (κ1) is 28.9. The first-order valence-corrected chi connectivity index (χ1v) is 15.3. The lowest BCUT2D eigenvalue weighted by atomic mass is 9.99. The van der Waals surface area contributed by atoms with E-state index in [1.54, 1.807) is 36.4 Å². The monoisotopic (exact) mass is 582 g/mol. The van der Waals surface area contributed by atoms with Crippen molar-refractivity contribution in [2.75, 3.05) is 26.1 Å². The first-order valence-electron chi connectivity index (χ1n) is 13.4. The van der Waals surface area contributed by atoms with Crippen LogP contribution in [-0.4, -0.2) is 40.8 Å². The molecule has 0 aliphatic heterocycles. The Kier molecular flexibility index (Phi) is 9.16. The molecule has 0 aromatic heterocycles. The molecule has 0 saturated heterocycles. The van der Waals surface area contributed by atoms with E-state index in [1.165, 1.54) is 6.26 Å². The van der Waals surface area contributed by atoms with Crippen LogP contribution in [0.3, 0.4) is 0 Å². The summed E-state index contributed by atoms with van der Waals surface area (Å²) in [7, 11) is -3.32. The highest BCUT2D eigenvalue weighted by Gasteiger charge is 2.15. The van der Waals surface area contributed by atoms with Crippen LogP contribution in [0.25, 0.3) is 21.9 Å². The van der Waals surface area contributed by atoms with Crippen molar-refractivity contribution in [1.29, 1.82) is 0 Å². The molecule has 0 bridgehead atoms. The Morgan fingerprint density at radius 3 is 2.14 bits per heavy atom. The Hall–Kier alpha value is -4.66. The van der Waals surface area contributed by atoms with Crippen molar-refractivity contribution < 1.29 is 32.2 Å². The van der Waals surface area contributed by atoms with E-state index in [0.29, 0.717) is 43.4 Å². The Bertz CT molecular complexity index is 1750. The van der Waals surface area contributed by atoms with Gasteiger partial charge in [-0.2, -0.15) is 0 Å². The van der Waals surface area contributed by atoms with Crippen LogP contribution in [0.5, 0.6) is 23.0 Å². The molecule has 0 aliphatic rings. The number of sulfone groups is 1. The van der Waals surface area contributed by atoms with E-state index in [9.17, 15) is 13.2 Å². The van der Waals surface area contributed by atoms with Gasteiger partial charge >= 0.3 is 0 Å². The number of fused-ring (bicyclic) bond motifs is 1. The minimum absolute atomic E-state index is 0.0428. The molecule has 214 valence electrons. The summed E-state index contributed by atoms with van der Waals surface area (Å²) in [6, 6.07) is 33.8. The predicted molar refractivity (Wildman–Crippen MR) is 162 cm³/mol. The molecule has 5 aromatic rings. The first-order chi connectivity index (χ1) is 20.4. The molecule has 0 radical (unpaired) electrons. The third kappa shape index (κ3) is 7.34.